The van der Waals surface area contributed by atoms with Crippen molar-refractivity contribution >= 4 is 5.91 Å². The van der Waals surface area contributed by atoms with E-state index in [2.05, 4.69) is 25.2 Å². The Labute approximate surface area is 182 Å². The SMILES string of the molecule is CC(C)c1cc(C(=O)N2CCN(Cc3nc(-c4cccc(C(F)(F)F)c4)no3)CC2)n[nH]1. The number of nitrogens with zero attached hydrogens (tertiary/aromatic N) is 5. The van der Waals surface area contributed by atoms with Crippen LogP contribution in [0.4, 0.5) is 13.2 Å². The number of benzene rings is 1. The van der Waals surface area contributed by atoms with Crippen molar-refractivity contribution in [3.8, 4) is 11.4 Å². The van der Waals surface area contributed by atoms with Crippen LogP contribution in [0.2, 0.25) is 0 Å². The molecule has 32 heavy (non-hydrogen) atoms. The molecule has 8 nitrogen and oxygen atoms in total. The van der Waals surface area contributed by atoms with Crippen LogP contribution < -0.4 is 0 Å². The molecule has 170 valence electrons. The minimum atomic E-state index is -4.44. The van der Waals surface area contributed by atoms with Gasteiger partial charge in [-0.15, -0.1) is 0 Å². The zero-order valence-corrected chi connectivity index (χ0v) is 17.7. The lowest BCUT2D eigenvalue weighted by atomic mass is 10.1. The van der Waals surface area contributed by atoms with Crippen molar-refractivity contribution in [2.75, 3.05) is 26.2 Å². The highest BCUT2D eigenvalue weighted by atomic mass is 19.4. The number of halogens is 3. The van der Waals surface area contributed by atoms with E-state index in [1.54, 1.807) is 11.0 Å². The van der Waals surface area contributed by atoms with Gasteiger partial charge in [0.05, 0.1) is 12.1 Å². The van der Waals surface area contributed by atoms with Gasteiger partial charge in [-0.3, -0.25) is 14.8 Å². The number of hydrogen-bond donors (Lipinski definition) is 1. The van der Waals surface area contributed by atoms with Crippen molar-refractivity contribution in [2.45, 2.75) is 32.5 Å². The molecular formula is C21H23F3N6O2. The average molecular weight is 448 g/mol. The Morgan fingerprint density at radius 3 is 2.59 bits per heavy atom. The maximum Gasteiger partial charge on any atom is 0.416 e. The van der Waals surface area contributed by atoms with E-state index in [4.69, 9.17) is 4.52 Å². The molecule has 0 bridgehead atoms. The summed E-state index contributed by atoms with van der Waals surface area (Å²) in [6, 6.07) is 6.60. The summed E-state index contributed by atoms with van der Waals surface area (Å²) < 4.78 is 44.0. The summed E-state index contributed by atoms with van der Waals surface area (Å²) in [6.07, 6.45) is -4.44. The largest absolute Gasteiger partial charge is 0.416 e. The second kappa shape index (κ2) is 8.73. The molecule has 0 spiro atoms. The van der Waals surface area contributed by atoms with E-state index < -0.39 is 11.7 Å². The molecule has 1 aliphatic heterocycles. The van der Waals surface area contributed by atoms with Gasteiger partial charge in [0, 0.05) is 37.4 Å². The van der Waals surface area contributed by atoms with Gasteiger partial charge in [0.25, 0.3) is 5.91 Å². The summed E-state index contributed by atoms with van der Waals surface area (Å²) >= 11 is 0. The Morgan fingerprint density at radius 1 is 1.19 bits per heavy atom. The standard InChI is InChI=1S/C21H23F3N6O2/c1-13(2)16-11-17(27-26-16)20(31)30-8-6-29(7-9-30)12-18-25-19(28-32-18)14-4-3-5-15(10-14)21(22,23)24/h3-5,10-11,13H,6-9,12H2,1-2H3,(H,26,27). The van der Waals surface area contributed by atoms with Crippen molar-refractivity contribution in [1.29, 1.82) is 0 Å². The van der Waals surface area contributed by atoms with Gasteiger partial charge in [-0.2, -0.15) is 23.3 Å². The topological polar surface area (TPSA) is 91.2 Å². The highest BCUT2D eigenvalue weighted by Gasteiger charge is 2.31. The number of alkyl halides is 3. The normalized spacial score (nSPS) is 15.5. The number of amides is 1. The molecule has 11 heteroatoms. The molecule has 2 aromatic heterocycles. The number of piperazine rings is 1. The minimum absolute atomic E-state index is 0.111. The van der Waals surface area contributed by atoms with Crippen LogP contribution in [0.15, 0.2) is 34.9 Å². The van der Waals surface area contributed by atoms with Crippen LogP contribution in [-0.4, -0.2) is 62.2 Å². The zero-order valence-electron chi connectivity index (χ0n) is 17.7. The quantitative estimate of drug-likeness (QED) is 0.642. The van der Waals surface area contributed by atoms with Crippen LogP contribution in [0, 0.1) is 0 Å². The van der Waals surface area contributed by atoms with Gasteiger partial charge in [0.1, 0.15) is 5.69 Å². The van der Waals surface area contributed by atoms with Crippen LogP contribution in [0.1, 0.15) is 47.4 Å². The highest BCUT2D eigenvalue weighted by molar-refractivity contribution is 5.92. The van der Waals surface area contributed by atoms with Crippen LogP contribution in [0.5, 0.6) is 0 Å². The van der Waals surface area contributed by atoms with Crippen LogP contribution in [-0.2, 0) is 12.7 Å². The van der Waals surface area contributed by atoms with Gasteiger partial charge in [-0.05, 0) is 24.1 Å². The molecule has 0 atom stereocenters. The number of carbonyl (C=O) groups excluding carboxylic acids is 1. The number of carbonyl (C=O) groups is 1. The smallest absolute Gasteiger partial charge is 0.338 e. The third-order valence-electron chi connectivity index (χ3n) is 5.37. The Kier molecular flexibility index (Phi) is 6.00. The van der Waals surface area contributed by atoms with E-state index in [0.29, 0.717) is 44.3 Å². The summed E-state index contributed by atoms with van der Waals surface area (Å²) in [5.74, 6) is 0.569. The summed E-state index contributed by atoms with van der Waals surface area (Å²) in [7, 11) is 0. The van der Waals surface area contributed by atoms with Gasteiger partial charge in [-0.1, -0.05) is 31.1 Å². The monoisotopic (exact) mass is 448 g/mol. The van der Waals surface area contributed by atoms with Crippen molar-refractivity contribution < 1.29 is 22.5 Å². The van der Waals surface area contributed by atoms with Crippen molar-refractivity contribution in [1.82, 2.24) is 30.1 Å². The molecule has 1 aliphatic rings. The molecule has 1 saturated heterocycles. The molecule has 1 amide bonds. The Morgan fingerprint density at radius 2 is 1.94 bits per heavy atom. The molecule has 1 fully saturated rings. The van der Waals surface area contributed by atoms with Gasteiger partial charge in [0.15, 0.2) is 0 Å². The first-order valence-electron chi connectivity index (χ1n) is 10.3. The molecule has 0 saturated carbocycles. The molecule has 0 unspecified atom stereocenters. The Bertz CT molecular complexity index is 1080. The number of hydrogen-bond acceptors (Lipinski definition) is 6. The molecule has 0 aliphatic carbocycles. The predicted molar refractivity (Wildman–Crippen MR) is 109 cm³/mol. The zero-order chi connectivity index (χ0) is 22.9. The summed E-state index contributed by atoms with van der Waals surface area (Å²) in [4.78, 5) is 20.7. The summed E-state index contributed by atoms with van der Waals surface area (Å²) in [6.45, 7) is 6.67. The lowest BCUT2D eigenvalue weighted by Gasteiger charge is -2.33. The van der Waals surface area contributed by atoms with Crippen LogP contribution in [0.3, 0.4) is 0 Å². The first-order chi connectivity index (χ1) is 15.2. The average Bonchev–Trinajstić information content (AvgIpc) is 3.43. The van der Waals surface area contributed by atoms with Crippen molar-refractivity contribution in [3.63, 3.8) is 0 Å². The molecule has 3 heterocycles. The Balaban J connectivity index is 1.34. The molecular weight excluding hydrogens is 425 g/mol. The van der Waals surface area contributed by atoms with Crippen LogP contribution in [0.25, 0.3) is 11.4 Å². The molecule has 1 N–H and O–H groups in total. The summed E-state index contributed by atoms with van der Waals surface area (Å²) in [5, 5.41) is 10.8. The van der Waals surface area contributed by atoms with Crippen molar-refractivity contribution in [2.24, 2.45) is 0 Å². The number of aromatic nitrogens is 4. The fraction of sp³-hybridized carbons (Fsp3) is 0.429. The number of H-pyrrole nitrogens is 1. The van der Waals surface area contributed by atoms with E-state index in [-0.39, 0.29) is 23.2 Å². The van der Waals surface area contributed by atoms with Crippen LogP contribution >= 0.6 is 0 Å². The van der Waals surface area contributed by atoms with E-state index in [1.807, 2.05) is 13.8 Å². The minimum Gasteiger partial charge on any atom is -0.338 e. The number of rotatable bonds is 5. The van der Waals surface area contributed by atoms with Gasteiger partial charge in [-0.25, -0.2) is 0 Å². The third-order valence-corrected chi connectivity index (χ3v) is 5.37. The second-order valence-corrected chi connectivity index (χ2v) is 8.02. The maximum atomic E-state index is 12.9. The second-order valence-electron chi connectivity index (χ2n) is 8.02. The van der Waals surface area contributed by atoms with Crippen molar-refractivity contribution in [3.05, 3.63) is 53.2 Å². The maximum absolute atomic E-state index is 12.9. The highest BCUT2D eigenvalue weighted by Crippen LogP contribution is 2.31. The lowest BCUT2D eigenvalue weighted by molar-refractivity contribution is -0.137. The first kappa shape index (κ1) is 22.0. The van der Waals surface area contributed by atoms with E-state index in [0.717, 1.165) is 17.8 Å². The lowest BCUT2D eigenvalue weighted by Crippen LogP contribution is -2.48. The van der Waals surface area contributed by atoms with E-state index in [1.165, 1.54) is 12.1 Å². The van der Waals surface area contributed by atoms with Gasteiger partial charge >= 0.3 is 6.18 Å². The van der Waals surface area contributed by atoms with E-state index >= 15 is 0 Å². The predicted octanol–water partition coefficient (Wildman–Crippen LogP) is 3.56. The Hall–Kier alpha value is -3.21. The molecule has 0 radical (unpaired) electrons. The summed E-state index contributed by atoms with van der Waals surface area (Å²) in [5.41, 5.74) is 0.800. The number of nitrogens with one attached hydrogen (secondary N) is 1. The van der Waals surface area contributed by atoms with Gasteiger partial charge in [0.2, 0.25) is 11.7 Å². The van der Waals surface area contributed by atoms with E-state index in [9.17, 15) is 18.0 Å². The first-order valence-corrected chi connectivity index (χ1v) is 10.3. The number of aromatic amines is 1. The third kappa shape index (κ3) is 4.82. The fourth-order valence-corrected chi connectivity index (χ4v) is 3.48. The fourth-order valence-electron chi connectivity index (χ4n) is 3.48. The molecule has 3 aromatic rings. The van der Waals surface area contributed by atoms with Gasteiger partial charge < -0.3 is 9.42 Å². The molecule has 4 rings (SSSR count). The molecule has 1 aromatic carbocycles.